The molecular formula is C18H21NO4S2. The second kappa shape index (κ2) is 9.58. The molecule has 0 saturated carbocycles. The normalized spacial score (nSPS) is 15.8. The molecule has 2 rings (SSSR count). The monoisotopic (exact) mass is 379 g/mol. The van der Waals surface area contributed by atoms with Crippen LogP contribution in [-0.2, 0) is 14.3 Å². The fraction of sp³-hybridized carbons (Fsp3) is 0.389. The second-order valence-corrected chi connectivity index (χ2v) is 7.14. The van der Waals surface area contributed by atoms with Crippen LogP contribution >= 0.6 is 24.0 Å². The van der Waals surface area contributed by atoms with E-state index in [-0.39, 0.29) is 11.9 Å². The molecule has 1 aromatic carbocycles. The maximum absolute atomic E-state index is 12.6. The van der Waals surface area contributed by atoms with Crippen molar-refractivity contribution in [3.05, 3.63) is 34.7 Å². The summed E-state index contributed by atoms with van der Waals surface area (Å²) in [4.78, 5) is 25.9. The minimum atomic E-state index is -0.203. The van der Waals surface area contributed by atoms with E-state index in [0.717, 1.165) is 30.6 Å². The molecule has 1 fully saturated rings. The lowest BCUT2D eigenvalue weighted by atomic mass is 10.1. The molecule has 1 aromatic rings. The lowest BCUT2D eigenvalue weighted by molar-refractivity contribution is -0.140. The highest BCUT2D eigenvalue weighted by molar-refractivity contribution is 8.26. The lowest BCUT2D eigenvalue weighted by Gasteiger charge is -2.13. The van der Waals surface area contributed by atoms with E-state index < -0.39 is 0 Å². The molecule has 1 saturated heterocycles. The molecule has 1 heterocycles. The highest BCUT2D eigenvalue weighted by atomic mass is 32.2. The molecule has 0 atom stereocenters. The minimum absolute atomic E-state index is 0.0751. The number of nitrogens with zero attached hydrogens (tertiary/aromatic N) is 1. The average Bonchev–Trinajstić information content (AvgIpc) is 2.88. The molecule has 1 amide bonds. The molecule has 0 radical (unpaired) electrons. The van der Waals surface area contributed by atoms with Crippen LogP contribution in [0.2, 0.25) is 0 Å². The van der Waals surface area contributed by atoms with Crippen LogP contribution < -0.4 is 4.74 Å². The molecule has 25 heavy (non-hydrogen) atoms. The standard InChI is InChI=1S/C18H21NO4S2/c1-22-14-9-6-5-8-13(14)12-15-17(21)19(18(24)25-15)11-7-3-4-10-16(20)23-2/h5-6,8-9,12H,3-4,7,10-11H2,1-2H3/b15-12+. The van der Waals surface area contributed by atoms with Gasteiger partial charge in [0.2, 0.25) is 0 Å². The van der Waals surface area contributed by atoms with Crippen LogP contribution in [0.4, 0.5) is 0 Å². The Hall–Kier alpha value is -1.86. The first-order valence-electron chi connectivity index (χ1n) is 8.02. The largest absolute Gasteiger partial charge is 0.496 e. The number of thiocarbonyl (C=S) groups is 1. The van der Waals surface area contributed by atoms with Crippen molar-refractivity contribution >= 4 is 46.3 Å². The molecule has 1 aliphatic heterocycles. The van der Waals surface area contributed by atoms with Crippen LogP contribution in [0.25, 0.3) is 6.08 Å². The van der Waals surface area contributed by atoms with Gasteiger partial charge in [-0.1, -0.05) is 48.6 Å². The van der Waals surface area contributed by atoms with Gasteiger partial charge in [0, 0.05) is 18.5 Å². The van der Waals surface area contributed by atoms with E-state index in [1.54, 1.807) is 12.0 Å². The van der Waals surface area contributed by atoms with Gasteiger partial charge in [-0.2, -0.15) is 0 Å². The summed E-state index contributed by atoms with van der Waals surface area (Å²) in [5.74, 6) is 0.440. The van der Waals surface area contributed by atoms with Gasteiger partial charge in [0.1, 0.15) is 10.1 Å². The smallest absolute Gasteiger partial charge is 0.305 e. The zero-order chi connectivity index (χ0) is 18.2. The van der Waals surface area contributed by atoms with E-state index in [1.165, 1.54) is 18.9 Å². The molecule has 0 spiro atoms. The maximum Gasteiger partial charge on any atom is 0.305 e. The third-order valence-electron chi connectivity index (χ3n) is 3.79. The number of thioether (sulfide) groups is 1. The summed E-state index contributed by atoms with van der Waals surface area (Å²) < 4.78 is 10.5. The SMILES string of the molecule is COC(=O)CCCCCN1C(=O)/C(=C\c2ccccc2OC)SC1=S. The highest BCUT2D eigenvalue weighted by Crippen LogP contribution is 2.34. The van der Waals surface area contributed by atoms with Crippen molar-refractivity contribution in [2.24, 2.45) is 0 Å². The number of amides is 1. The van der Waals surface area contributed by atoms with Crippen LogP contribution in [0.1, 0.15) is 31.2 Å². The summed E-state index contributed by atoms with van der Waals surface area (Å²) in [6.45, 7) is 0.565. The Balaban J connectivity index is 1.93. The van der Waals surface area contributed by atoms with E-state index in [1.807, 2.05) is 30.3 Å². The summed E-state index contributed by atoms with van der Waals surface area (Å²) in [5, 5.41) is 0. The van der Waals surface area contributed by atoms with Crippen LogP contribution in [0.3, 0.4) is 0 Å². The first-order valence-corrected chi connectivity index (χ1v) is 9.24. The quantitative estimate of drug-likeness (QED) is 0.298. The van der Waals surface area contributed by atoms with E-state index in [2.05, 4.69) is 4.74 Å². The van der Waals surface area contributed by atoms with E-state index in [9.17, 15) is 9.59 Å². The number of hydrogen-bond donors (Lipinski definition) is 0. The highest BCUT2D eigenvalue weighted by Gasteiger charge is 2.31. The predicted molar refractivity (Wildman–Crippen MR) is 103 cm³/mol. The minimum Gasteiger partial charge on any atom is -0.496 e. The number of methoxy groups -OCH3 is 2. The third kappa shape index (κ3) is 5.31. The van der Waals surface area contributed by atoms with Gasteiger partial charge in [-0.05, 0) is 25.0 Å². The van der Waals surface area contributed by atoms with Gasteiger partial charge in [-0.3, -0.25) is 14.5 Å². The number of carbonyl (C=O) groups is 2. The van der Waals surface area contributed by atoms with Gasteiger partial charge in [-0.25, -0.2) is 0 Å². The Labute approximate surface area is 157 Å². The number of rotatable bonds is 8. The molecule has 1 aliphatic rings. The molecule has 0 aromatic heterocycles. The third-order valence-corrected chi connectivity index (χ3v) is 5.17. The molecule has 0 bridgehead atoms. The molecular weight excluding hydrogens is 358 g/mol. The summed E-state index contributed by atoms with van der Waals surface area (Å²) in [6.07, 6.45) is 4.61. The van der Waals surface area contributed by atoms with Gasteiger partial charge in [0.15, 0.2) is 0 Å². The van der Waals surface area contributed by atoms with Crippen LogP contribution in [0.15, 0.2) is 29.2 Å². The van der Waals surface area contributed by atoms with Crippen molar-refractivity contribution in [1.82, 2.24) is 4.90 Å². The number of esters is 1. The first kappa shape index (κ1) is 19.5. The van der Waals surface area contributed by atoms with Gasteiger partial charge in [0.25, 0.3) is 5.91 Å². The fourth-order valence-corrected chi connectivity index (χ4v) is 3.74. The van der Waals surface area contributed by atoms with Crippen molar-refractivity contribution in [2.45, 2.75) is 25.7 Å². The molecule has 5 nitrogen and oxygen atoms in total. The number of carbonyl (C=O) groups excluding carboxylic acids is 2. The molecule has 0 N–H and O–H groups in total. The number of unbranched alkanes of at least 4 members (excludes halogenated alkanes) is 2. The van der Waals surface area contributed by atoms with Gasteiger partial charge < -0.3 is 9.47 Å². The number of benzene rings is 1. The van der Waals surface area contributed by atoms with Crippen molar-refractivity contribution in [2.75, 3.05) is 20.8 Å². The Kier molecular flexibility index (Phi) is 7.46. The summed E-state index contributed by atoms with van der Waals surface area (Å²) in [5.41, 5.74) is 0.851. The molecule has 0 aliphatic carbocycles. The number of para-hydroxylation sites is 1. The van der Waals surface area contributed by atoms with Crippen molar-refractivity contribution < 1.29 is 19.1 Å². The Morgan fingerprint density at radius 2 is 2.00 bits per heavy atom. The lowest BCUT2D eigenvalue weighted by Crippen LogP contribution is -2.29. The number of ether oxygens (including phenoxy) is 2. The second-order valence-electron chi connectivity index (χ2n) is 5.46. The van der Waals surface area contributed by atoms with Crippen LogP contribution in [0.5, 0.6) is 5.75 Å². The summed E-state index contributed by atoms with van der Waals surface area (Å²) >= 11 is 6.64. The zero-order valence-electron chi connectivity index (χ0n) is 14.3. The van der Waals surface area contributed by atoms with Crippen molar-refractivity contribution in [1.29, 1.82) is 0 Å². The Morgan fingerprint density at radius 1 is 1.24 bits per heavy atom. The molecule has 134 valence electrons. The van der Waals surface area contributed by atoms with E-state index >= 15 is 0 Å². The number of hydrogen-bond acceptors (Lipinski definition) is 6. The van der Waals surface area contributed by atoms with Gasteiger partial charge in [-0.15, -0.1) is 0 Å². The first-order chi connectivity index (χ1) is 12.1. The molecule has 0 unspecified atom stereocenters. The van der Waals surface area contributed by atoms with E-state index in [4.69, 9.17) is 17.0 Å². The Bertz CT molecular complexity index is 687. The van der Waals surface area contributed by atoms with Gasteiger partial charge in [0.05, 0.1) is 19.1 Å². The van der Waals surface area contributed by atoms with Crippen molar-refractivity contribution in [3.63, 3.8) is 0 Å². The fourth-order valence-electron chi connectivity index (χ4n) is 2.44. The van der Waals surface area contributed by atoms with E-state index in [0.29, 0.717) is 22.2 Å². The van der Waals surface area contributed by atoms with Crippen LogP contribution in [-0.4, -0.2) is 41.9 Å². The molecule has 7 heteroatoms. The van der Waals surface area contributed by atoms with Gasteiger partial charge >= 0.3 is 5.97 Å². The predicted octanol–water partition coefficient (Wildman–Crippen LogP) is 3.63. The Morgan fingerprint density at radius 3 is 2.72 bits per heavy atom. The zero-order valence-corrected chi connectivity index (χ0v) is 16.0. The van der Waals surface area contributed by atoms with Crippen molar-refractivity contribution in [3.8, 4) is 5.75 Å². The van der Waals surface area contributed by atoms with Crippen LogP contribution in [0, 0.1) is 0 Å². The summed E-state index contributed by atoms with van der Waals surface area (Å²) in [6, 6.07) is 7.54. The topological polar surface area (TPSA) is 55.8 Å². The summed E-state index contributed by atoms with van der Waals surface area (Å²) in [7, 11) is 2.99. The average molecular weight is 380 g/mol. The maximum atomic E-state index is 12.6.